The second-order valence-electron chi connectivity index (χ2n) is 2.49. The van der Waals surface area contributed by atoms with Crippen LogP contribution in [-0.4, -0.2) is 30.1 Å². The normalized spacial score (nSPS) is 9.36. The van der Waals surface area contributed by atoms with Crippen molar-refractivity contribution in [2.24, 2.45) is 0 Å². The maximum absolute atomic E-state index is 5.10. The van der Waals surface area contributed by atoms with E-state index < -0.39 is 0 Å². The highest BCUT2D eigenvalue weighted by Gasteiger charge is 2.02. The molecule has 0 saturated carbocycles. The predicted molar refractivity (Wildman–Crippen MR) is 53.8 cm³/mol. The Labute approximate surface area is 75.0 Å². The Balaban J connectivity index is 3.65. The van der Waals surface area contributed by atoms with Crippen LogP contribution in [-0.2, 0) is 0 Å². The number of hydrogen-bond donors (Lipinski definition) is 1. The van der Waals surface area contributed by atoms with Gasteiger partial charge in [-0.3, -0.25) is 0 Å². The van der Waals surface area contributed by atoms with Crippen molar-refractivity contribution in [3.63, 3.8) is 0 Å². The van der Waals surface area contributed by atoms with E-state index in [1.165, 1.54) is 12.8 Å². The first-order chi connectivity index (χ1) is 5.26. The largest absolute Gasteiger partial charge is 0.366 e. The van der Waals surface area contributed by atoms with Crippen molar-refractivity contribution in [1.29, 1.82) is 0 Å². The molecular formula is C8H18N2S. The van der Waals surface area contributed by atoms with Gasteiger partial charge in [0.25, 0.3) is 0 Å². The highest BCUT2D eigenvalue weighted by Crippen LogP contribution is 1.94. The molecule has 0 heterocycles. The summed E-state index contributed by atoms with van der Waals surface area (Å²) in [5.41, 5.74) is 0. The molecule has 0 aromatic rings. The summed E-state index contributed by atoms with van der Waals surface area (Å²) < 4.78 is 0. The summed E-state index contributed by atoms with van der Waals surface area (Å²) in [5.74, 6) is 0. The van der Waals surface area contributed by atoms with Crippen LogP contribution in [0.5, 0.6) is 0 Å². The van der Waals surface area contributed by atoms with Crippen LogP contribution in [0.15, 0.2) is 0 Å². The van der Waals surface area contributed by atoms with Crippen molar-refractivity contribution < 1.29 is 0 Å². The summed E-state index contributed by atoms with van der Waals surface area (Å²) in [6.07, 6.45) is 2.44. The van der Waals surface area contributed by atoms with Crippen molar-refractivity contribution in [3.05, 3.63) is 0 Å². The average molecular weight is 174 g/mol. The van der Waals surface area contributed by atoms with Gasteiger partial charge in [0.2, 0.25) is 0 Å². The lowest BCUT2D eigenvalue weighted by atomic mass is 10.3. The fraction of sp³-hybridized carbons (Fsp3) is 0.875. The van der Waals surface area contributed by atoms with Crippen molar-refractivity contribution in [2.75, 3.05) is 20.1 Å². The molecule has 0 spiro atoms. The third kappa shape index (κ3) is 4.19. The average Bonchev–Trinajstić information content (AvgIpc) is 2.05. The molecule has 0 atom stereocenters. The molecule has 0 aliphatic carbocycles. The van der Waals surface area contributed by atoms with Crippen LogP contribution in [0.4, 0.5) is 0 Å². The summed E-state index contributed by atoms with van der Waals surface area (Å²) in [7, 11) is 1.87. The predicted octanol–water partition coefficient (Wildman–Crippen LogP) is 1.61. The summed E-state index contributed by atoms with van der Waals surface area (Å²) in [6, 6.07) is 0. The zero-order valence-corrected chi connectivity index (χ0v) is 8.50. The van der Waals surface area contributed by atoms with Gasteiger partial charge in [-0.05, 0) is 25.6 Å². The quantitative estimate of drug-likeness (QED) is 0.652. The highest BCUT2D eigenvalue weighted by molar-refractivity contribution is 7.80. The second-order valence-corrected chi connectivity index (χ2v) is 2.88. The monoisotopic (exact) mass is 174 g/mol. The van der Waals surface area contributed by atoms with Crippen LogP contribution in [0.25, 0.3) is 0 Å². The minimum Gasteiger partial charge on any atom is -0.366 e. The van der Waals surface area contributed by atoms with E-state index in [4.69, 9.17) is 12.2 Å². The van der Waals surface area contributed by atoms with E-state index >= 15 is 0 Å². The molecule has 2 nitrogen and oxygen atoms in total. The summed E-state index contributed by atoms with van der Waals surface area (Å²) in [5, 5.41) is 3.84. The maximum Gasteiger partial charge on any atom is 0.168 e. The van der Waals surface area contributed by atoms with Crippen LogP contribution in [0.3, 0.4) is 0 Å². The molecule has 0 rings (SSSR count). The number of unbranched alkanes of at least 4 members (excludes halogenated alkanes) is 1. The topological polar surface area (TPSA) is 15.3 Å². The Bertz CT molecular complexity index is 115. The Hall–Kier alpha value is -0.310. The lowest BCUT2D eigenvalue weighted by Crippen LogP contribution is -2.38. The van der Waals surface area contributed by atoms with Gasteiger partial charge < -0.3 is 10.2 Å². The number of rotatable bonds is 4. The Kier molecular flexibility index (Phi) is 6.22. The van der Waals surface area contributed by atoms with Crippen LogP contribution in [0.1, 0.15) is 26.7 Å². The molecule has 0 amide bonds. The minimum atomic E-state index is 0.862. The molecule has 0 aliphatic heterocycles. The van der Waals surface area contributed by atoms with E-state index in [1.54, 1.807) is 0 Å². The van der Waals surface area contributed by atoms with Gasteiger partial charge in [-0.1, -0.05) is 13.3 Å². The van der Waals surface area contributed by atoms with Gasteiger partial charge >= 0.3 is 0 Å². The van der Waals surface area contributed by atoms with E-state index in [2.05, 4.69) is 24.1 Å². The molecule has 0 radical (unpaired) electrons. The first-order valence-electron chi connectivity index (χ1n) is 4.22. The summed E-state index contributed by atoms with van der Waals surface area (Å²) >= 11 is 5.10. The molecule has 3 heteroatoms. The van der Waals surface area contributed by atoms with Gasteiger partial charge in [0.15, 0.2) is 5.11 Å². The number of hydrogen-bond acceptors (Lipinski definition) is 1. The molecule has 0 aromatic heterocycles. The van der Waals surface area contributed by atoms with E-state index in [-0.39, 0.29) is 0 Å². The molecule has 0 saturated heterocycles. The fourth-order valence-electron chi connectivity index (χ4n) is 0.910. The Morgan fingerprint density at radius 3 is 2.45 bits per heavy atom. The smallest absolute Gasteiger partial charge is 0.168 e. The molecule has 0 bridgehead atoms. The van der Waals surface area contributed by atoms with Gasteiger partial charge in [0.05, 0.1) is 0 Å². The number of nitrogens with one attached hydrogen (secondary N) is 1. The zero-order valence-electron chi connectivity index (χ0n) is 7.68. The highest BCUT2D eigenvalue weighted by atomic mass is 32.1. The lowest BCUT2D eigenvalue weighted by molar-refractivity contribution is 0.424. The van der Waals surface area contributed by atoms with Crippen LogP contribution in [0.2, 0.25) is 0 Å². The van der Waals surface area contributed by atoms with Gasteiger partial charge in [0, 0.05) is 20.1 Å². The first kappa shape index (κ1) is 10.7. The van der Waals surface area contributed by atoms with E-state index in [1.807, 2.05) is 7.05 Å². The second kappa shape index (κ2) is 6.40. The summed E-state index contributed by atoms with van der Waals surface area (Å²) in [4.78, 5) is 2.18. The van der Waals surface area contributed by atoms with Gasteiger partial charge in [0.1, 0.15) is 0 Å². The summed E-state index contributed by atoms with van der Waals surface area (Å²) in [6.45, 7) is 6.39. The molecule has 0 unspecified atom stereocenters. The van der Waals surface area contributed by atoms with Crippen molar-refractivity contribution in [2.45, 2.75) is 26.7 Å². The molecule has 0 aliphatic rings. The van der Waals surface area contributed by atoms with Gasteiger partial charge in [-0.15, -0.1) is 0 Å². The van der Waals surface area contributed by atoms with Gasteiger partial charge in [-0.25, -0.2) is 0 Å². The van der Waals surface area contributed by atoms with Crippen LogP contribution in [0, 0.1) is 0 Å². The maximum atomic E-state index is 5.10. The molecule has 66 valence electrons. The van der Waals surface area contributed by atoms with E-state index in [0.29, 0.717) is 0 Å². The lowest BCUT2D eigenvalue weighted by Gasteiger charge is -2.22. The Morgan fingerprint density at radius 2 is 2.09 bits per heavy atom. The third-order valence-electron chi connectivity index (χ3n) is 1.66. The molecule has 0 fully saturated rings. The van der Waals surface area contributed by atoms with Crippen LogP contribution >= 0.6 is 12.2 Å². The number of nitrogens with zero attached hydrogens (tertiary/aromatic N) is 1. The fourth-order valence-corrected chi connectivity index (χ4v) is 1.13. The first-order valence-corrected chi connectivity index (χ1v) is 4.63. The van der Waals surface area contributed by atoms with Crippen molar-refractivity contribution in [3.8, 4) is 0 Å². The molecule has 11 heavy (non-hydrogen) atoms. The third-order valence-corrected chi connectivity index (χ3v) is 2.13. The molecule has 1 N–H and O–H groups in total. The van der Waals surface area contributed by atoms with Crippen molar-refractivity contribution >= 4 is 17.3 Å². The van der Waals surface area contributed by atoms with Crippen LogP contribution < -0.4 is 5.32 Å². The zero-order chi connectivity index (χ0) is 8.69. The van der Waals surface area contributed by atoms with E-state index in [0.717, 1.165) is 18.2 Å². The van der Waals surface area contributed by atoms with E-state index in [9.17, 15) is 0 Å². The molecule has 0 aromatic carbocycles. The standard InChI is InChI=1S/C8H18N2S/c1-4-6-7-10(5-2)8(11)9-3/h4-7H2,1-3H3,(H,9,11). The minimum absolute atomic E-state index is 0.862. The Morgan fingerprint density at radius 1 is 1.45 bits per heavy atom. The number of thiocarbonyl (C=S) groups is 1. The van der Waals surface area contributed by atoms with Crippen molar-refractivity contribution in [1.82, 2.24) is 10.2 Å². The van der Waals surface area contributed by atoms with Gasteiger partial charge in [-0.2, -0.15) is 0 Å². The SMILES string of the molecule is CCCCN(CC)C(=S)NC. The molecular weight excluding hydrogens is 156 g/mol.